The maximum Gasteiger partial charge on any atom is 0.249 e. The van der Waals surface area contributed by atoms with Gasteiger partial charge in [-0.05, 0) is 24.1 Å². The van der Waals surface area contributed by atoms with E-state index >= 15 is 0 Å². The molecule has 2 amide bonds. The van der Waals surface area contributed by atoms with Gasteiger partial charge in [-0.25, -0.2) is 8.78 Å². The monoisotopic (exact) mass is 340 g/mol. The largest absolute Gasteiger partial charge is 0.391 e. The van der Waals surface area contributed by atoms with Crippen LogP contribution in [0.3, 0.4) is 0 Å². The first-order chi connectivity index (χ1) is 11.5. The van der Waals surface area contributed by atoms with Crippen LogP contribution >= 0.6 is 0 Å². The van der Waals surface area contributed by atoms with Crippen LogP contribution in [0.5, 0.6) is 0 Å². The molecule has 0 bridgehead atoms. The van der Waals surface area contributed by atoms with Gasteiger partial charge >= 0.3 is 0 Å². The van der Waals surface area contributed by atoms with Crippen molar-refractivity contribution < 1.29 is 28.2 Å². The maximum absolute atomic E-state index is 13.5. The fraction of sp³-hybridized carbons (Fsp3) is 0.500. The van der Waals surface area contributed by atoms with Crippen LogP contribution in [0.15, 0.2) is 18.2 Å². The molecule has 6 nitrogen and oxygen atoms in total. The minimum absolute atomic E-state index is 0.0531. The number of halogens is 2. The molecule has 0 saturated carbocycles. The van der Waals surface area contributed by atoms with E-state index in [0.29, 0.717) is 18.7 Å². The lowest BCUT2D eigenvalue weighted by Crippen LogP contribution is -2.48. The Hall–Kier alpha value is -2.06. The van der Waals surface area contributed by atoms with E-state index in [-0.39, 0.29) is 37.9 Å². The van der Waals surface area contributed by atoms with Gasteiger partial charge in [0.05, 0.1) is 25.3 Å². The molecule has 1 N–H and O–H groups in total. The lowest BCUT2D eigenvalue weighted by molar-refractivity contribution is -0.148. The molecule has 2 aliphatic heterocycles. The van der Waals surface area contributed by atoms with Gasteiger partial charge in [-0.2, -0.15) is 0 Å². The first-order valence-electron chi connectivity index (χ1n) is 7.73. The number of hydrogen-bond acceptors (Lipinski definition) is 4. The summed E-state index contributed by atoms with van der Waals surface area (Å²) in [5, 5.41) is 9.90. The van der Waals surface area contributed by atoms with Crippen LogP contribution in [0.25, 0.3) is 0 Å². The Morgan fingerprint density at radius 2 is 2.12 bits per heavy atom. The molecule has 0 aromatic heterocycles. The molecule has 2 unspecified atom stereocenters. The number of carbonyl (C=O) groups is 2. The highest BCUT2D eigenvalue weighted by molar-refractivity contribution is 5.86. The Bertz CT molecular complexity index is 655. The van der Waals surface area contributed by atoms with Gasteiger partial charge in [0.1, 0.15) is 6.61 Å². The normalized spacial score (nSPS) is 24.5. The van der Waals surface area contributed by atoms with Crippen molar-refractivity contribution in [2.45, 2.75) is 18.6 Å². The number of carbonyl (C=O) groups excluding carboxylic acids is 2. The molecule has 130 valence electrons. The Kier molecular flexibility index (Phi) is 4.77. The van der Waals surface area contributed by atoms with Crippen LogP contribution in [0.1, 0.15) is 18.0 Å². The van der Waals surface area contributed by atoms with Crippen LogP contribution in [-0.2, 0) is 14.3 Å². The summed E-state index contributed by atoms with van der Waals surface area (Å²) < 4.78 is 31.6. The molecule has 8 heteroatoms. The third-order valence-electron chi connectivity index (χ3n) is 4.34. The number of amides is 2. The van der Waals surface area contributed by atoms with E-state index in [4.69, 9.17) is 4.74 Å². The zero-order chi connectivity index (χ0) is 17.3. The Balaban J connectivity index is 1.75. The van der Waals surface area contributed by atoms with E-state index in [2.05, 4.69) is 0 Å². The van der Waals surface area contributed by atoms with Crippen LogP contribution in [0.2, 0.25) is 0 Å². The molecule has 2 atom stereocenters. The number of hydrogen-bond donors (Lipinski definition) is 1. The lowest BCUT2D eigenvalue weighted by Gasteiger charge is -2.30. The molecular formula is C16H18F2N2O4. The van der Waals surface area contributed by atoms with Crippen molar-refractivity contribution >= 4 is 11.8 Å². The summed E-state index contributed by atoms with van der Waals surface area (Å²) >= 11 is 0. The summed E-state index contributed by atoms with van der Waals surface area (Å²) in [6, 6.07) is 2.90. The quantitative estimate of drug-likeness (QED) is 0.868. The fourth-order valence-electron chi connectivity index (χ4n) is 3.10. The zero-order valence-corrected chi connectivity index (χ0v) is 13.0. The molecule has 2 fully saturated rings. The second kappa shape index (κ2) is 6.82. The molecule has 0 radical (unpaired) electrons. The smallest absolute Gasteiger partial charge is 0.249 e. The number of β-amino-alcohol motifs (C(OH)–C–C–N with tert-alkyl or cyclic N) is 1. The van der Waals surface area contributed by atoms with Crippen LogP contribution in [0.4, 0.5) is 8.78 Å². The van der Waals surface area contributed by atoms with Crippen molar-refractivity contribution in [1.82, 2.24) is 9.80 Å². The summed E-state index contributed by atoms with van der Waals surface area (Å²) in [5.74, 6) is -2.56. The predicted molar refractivity (Wildman–Crippen MR) is 78.8 cm³/mol. The van der Waals surface area contributed by atoms with Gasteiger partial charge in [-0.15, -0.1) is 0 Å². The van der Waals surface area contributed by atoms with Gasteiger partial charge in [0.2, 0.25) is 11.8 Å². The highest BCUT2D eigenvalue weighted by Crippen LogP contribution is 2.33. The van der Waals surface area contributed by atoms with Gasteiger partial charge in [0, 0.05) is 13.1 Å². The third kappa shape index (κ3) is 3.39. The standard InChI is InChI=1S/C16H18F2N2O4/c17-12-2-1-10(5-13(12)18)14-6-11(21)7-20(14)15(22)8-19-3-4-24-9-16(19)23/h1-2,5,11,14,21H,3-4,6-9H2. The lowest BCUT2D eigenvalue weighted by atomic mass is 10.0. The summed E-state index contributed by atoms with van der Waals surface area (Å²) in [4.78, 5) is 27.1. The SMILES string of the molecule is O=C1COCCN1CC(=O)N1CC(O)CC1c1ccc(F)c(F)c1. The Morgan fingerprint density at radius 3 is 2.83 bits per heavy atom. The third-order valence-corrected chi connectivity index (χ3v) is 4.34. The molecule has 1 aromatic carbocycles. The van der Waals surface area contributed by atoms with E-state index < -0.39 is 23.8 Å². The van der Waals surface area contributed by atoms with E-state index in [0.717, 1.165) is 12.1 Å². The average Bonchev–Trinajstić information content (AvgIpc) is 2.94. The summed E-state index contributed by atoms with van der Waals surface area (Å²) in [6.07, 6.45) is -0.499. The number of ether oxygens (including phenoxy) is 1. The van der Waals surface area contributed by atoms with Crippen LogP contribution in [0, 0.1) is 11.6 Å². The number of morpholine rings is 1. The molecule has 3 rings (SSSR count). The topological polar surface area (TPSA) is 70.1 Å². The van der Waals surface area contributed by atoms with Gasteiger partial charge in [0.15, 0.2) is 11.6 Å². The number of likely N-dealkylation sites (tertiary alicyclic amines) is 1. The molecule has 2 heterocycles. The Labute approximate surface area is 137 Å². The van der Waals surface area contributed by atoms with Crippen molar-refractivity contribution in [2.75, 3.05) is 32.8 Å². The number of aliphatic hydroxyl groups is 1. The maximum atomic E-state index is 13.5. The van der Waals surface area contributed by atoms with Crippen molar-refractivity contribution in [2.24, 2.45) is 0 Å². The number of aliphatic hydroxyl groups excluding tert-OH is 1. The average molecular weight is 340 g/mol. The van der Waals surface area contributed by atoms with E-state index in [1.165, 1.54) is 15.9 Å². The van der Waals surface area contributed by atoms with Crippen molar-refractivity contribution in [3.05, 3.63) is 35.4 Å². The summed E-state index contributed by atoms with van der Waals surface area (Å²) in [6.45, 7) is 0.629. The number of nitrogens with zero attached hydrogens (tertiary/aromatic N) is 2. The van der Waals surface area contributed by atoms with Gasteiger partial charge < -0.3 is 19.6 Å². The molecule has 0 spiro atoms. The minimum atomic E-state index is -0.996. The first-order valence-corrected chi connectivity index (χ1v) is 7.73. The molecule has 24 heavy (non-hydrogen) atoms. The van der Waals surface area contributed by atoms with Crippen molar-refractivity contribution in [3.8, 4) is 0 Å². The highest BCUT2D eigenvalue weighted by atomic mass is 19.2. The van der Waals surface area contributed by atoms with E-state index in [9.17, 15) is 23.5 Å². The van der Waals surface area contributed by atoms with Crippen molar-refractivity contribution in [1.29, 1.82) is 0 Å². The highest BCUT2D eigenvalue weighted by Gasteiger charge is 2.36. The molecule has 0 aliphatic carbocycles. The number of benzene rings is 1. The van der Waals surface area contributed by atoms with Crippen molar-refractivity contribution in [3.63, 3.8) is 0 Å². The summed E-state index contributed by atoms with van der Waals surface area (Å²) in [7, 11) is 0. The predicted octanol–water partition coefficient (Wildman–Crippen LogP) is 0.458. The van der Waals surface area contributed by atoms with E-state index in [1.54, 1.807) is 0 Å². The molecular weight excluding hydrogens is 322 g/mol. The molecule has 2 saturated heterocycles. The van der Waals surface area contributed by atoms with Gasteiger partial charge in [-0.1, -0.05) is 6.07 Å². The van der Waals surface area contributed by atoms with Gasteiger partial charge in [0.25, 0.3) is 0 Å². The second-order valence-corrected chi connectivity index (χ2v) is 5.99. The fourth-order valence-corrected chi connectivity index (χ4v) is 3.10. The molecule has 2 aliphatic rings. The molecule has 1 aromatic rings. The van der Waals surface area contributed by atoms with Gasteiger partial charge in [-0.3, -0.25) is 9.59 Å². The minimum Gasteiger partial charge on any atom is -0.391 e. The van der Waals surface area contributed by atoms with Crippen LogP contribution in [-0.4, -0.2) is 65.7 Å². The Morgan fingerprint density at radius 1 is 1.33 bits per heavy atom. The zero-order valence-electron chi connectivity index (χ0n) is 13.0. The van der Waals surface area contributed by atoms with E-state index in [1.807, 2.05) is 0 Å². The number of rotatable bonds is 3. The summed E-state index contributed by atoms with van der Waals surface area (Å²) in [5.41, 5.74) is 0.423. The first kappa shape index (κ1) is 16.8. The second-order valence-electron chi connectivity index (χ2n) is 5.99. The van der Waals surface area contributed by atoms with Crippen LogP contribution < -0.4 is 0 Å².